The van der Waals surface area contributed by atoms with Crippen LogP contribution in [-0.4, -0.2) is 82.5 Å². The van der Waals surface area contributed by atoms with Gasteiger partial charge in [-0.05, 0) is 60.5 Å². The minimum absolute atomic E-state index is 0.0613. The molecule has 1 aromatic heterocycles. The highest BCUT2D eigenvalue weighted by Gasteiger charge is 2.41. The Morgan fingerprint density at radius 3 is 2.42 bits per heavy atom. The maximum Gasteiger partial charge on any atom is 0.360 e. The summed E-state index contributed by atoms with van der Waals surface area (Å²) in [5.41, 5.74) is 2.09. The summed E-state index contributed by atoms with van der Waals surface area (Å²) in [6.45, 7) is 3.56. The Morgan fingerprint density at radius 2 is 1.67 bits per heavy atom. The van der Waals surface area contributed by atoms with Crippen molar-refractivity contribution >= 4 is 17.6 Å². The van der Waals surface area contributed by atoms with Gasteiger partial charge in [-0.2, -0.15) is 0 Å². The molecule has 1 amide bonds. The van der Waals surface area contributed by atoms with Gasteiger partial charge in [-0.1, -0.05) is 35.5 Å². The maximum atomic E-state index is 14.0. The van der Waals surface area contributed by atoms with Crippen molar-refractivity contribution in [1.29, 1.82) is 0 Å². The van der Waals surface area contributed by atoms with E-state index >= 15 is 0 Å². The molecule has 11 heteroatoms. The van der Waals surface area contributed by atoms with Crippen LogP contribution >= 0.6 is 0 Å². The van der Waals surface area contributed by atoms with Gasteiger partial charge in [-0.15, -0.1) is 5.10 Å². The number of amides is 1. The van der Waals surface area contributed by atoms with Gasteiger partial charge < -0.3 is 19.3 Å². The highest BCUT2D eigenvalue weighted by molar-refractivity contribution is 5.86. The van der Waals surface area contributed by atoms with E-state index in [-0.39, 0.29) is 29.5 Å². The first-order chi connectivity index (χ1) is 21.0. The van der Waals surface area contributed by atoms with Gasteiger partial charge in [-0.3, -0.25) is 9.69 Å². The number of hydrogen-bond acceptors (Lipinski definition) is 8. The molecule has 0 spiro atoms. The molecule has 222 valence electrons. The number of rotatable bonds is 8. The van der Waals surface area contributed by atoms with Crippen LogP contribution in [0.3, 0.4) is 0 Å². The summed E-state index contributed by atoms with van der Waals surface area (Å²) in [6.07, 6.45) is 2.11. The number of carbonyl (C=O) groups is 2. The van der Waals surface area contributed by atoms with E-state index in [2.05, 4.69) is 20.1 Å². The lowest BCUT2D eigenvalue weighted by Crippen LogP contribution is -2.53. The number of hydrogen-bond donors (Lipinski definition) is 0. The van der Waals surface area contributed by atoms with Gasteiger partial charge >= 0.3 is 5.97 Å². The number of methoxy groups -OCH3 is 1. The molecule has 2 fully saturated rings. The number of para-hydroxylation sites is 1. The number of benzene rings is 3. The molecule has 3 heterocycles. The normalized spacial score (nSPS) is 18.9. The average Bonchev–Trinajstić information content (AvgIpc) is 3.70. The fraction of sp³-hybridized carbons (Fsp3) is 0.312. The Bertz CT molecular complexity index is 1560. The second-order valence-electron chi connectivity index (χ2n) is 10.8. The molecule has 10 nitrogen and oxygen atoms in total. The van der Waals surface area contributed by atoms with E-state index in [1.54, 1.807) is 23.0 Å². The fourth-order valence-corrected chi connectivity index (χ4v) is 5.77. The first kappa shape index (κ1) is 28.4. The first-order valence-corrected chi connectivity index (χ1v) is 14.3. The van der Waals surface area contributed by atoms with Crippen LogP contribution in [0.2, 0.25) is 0 Å². The van der Waals surface area contributed by atoms with Crippen LogP contribution in [-0.2, 0) is 16.1 Å². The van der Waals surface area contributed by atoms with E-state index < -0.39 is 5.97 Å². The monoisotopic (exact) mass is 584 g/mol. The van der Waals surface area contributed by atoms with E-state index in [1.807, 2.05) is 59.5 Å². The second-order valence-corrected chi connectivity index (χ2v) is 10.8. The molecule has 3 aromatic carbocycles. The molecule has 0 bridgehead atoms. The Morgan fingerprint density at radius 1 is 0.930 bits per heavy atom. The molecule has 43 heavy (non-hydrogen) atoms. The van der Waals surface area contributed by atoms with Crippen molar-refractivity contribution in [2.75, 3.05) is 44.7 Å². The van der Waals surface area contributed by atoms with Gasteiger partial charge in [0.05, 0.1) is 25.4 Å². The van der Waals surface area contributed by atoms with Crippen molar-refractivity contribution in [2.45, 2.75) is 25.0 Å². The molecule has 0 N–H and O–H groups in total. The number of anilines is 1. The van der Waals surface area contributed by atoms with E-state index in [9.17, 15) is 14.0 Å². The molecule has 2 aliphatic heterocycles. The minimum Gasteiger partial charge on any atom is -0.464 e. The topological polar surface area (TPSA) is 93.0 Å². The van der Waals surface area contributed by atoms with Crippen LogP contribution in [0.25, 0.3) is 0 Å². The highest BCUT2D eigenvalue weighted by atomic mass is 19.1. The lowest BCUT2D eigenvalue weighted by molar-refractivity contribution is -0.136. The molecule has 2 aliphatic rings. The van der Waals surface area contributed by atoms with Gasteiger partial charge in [0.25, 0.3) is 0 Å². The van der Waals surface area contributed by atoms with Gasteiger partial charge in [0, 0.05) is 45.0 Å². The zero-order valence-electron chi connectivity index (χ0n) is 23.9. The number of piperazine rings is 1. The summed E-state index contributed by atoms with van der Waals surface area (Å²) in [5, 5.41) is 8.16. The number of ether oxygens (including phenoxy) is 2. The van der Waals surface area contributed by atoms with Crippen molar-refractivity contribution in [3.8, 4) is 11.5 Å². The van der Waals surface area contributed by atoms with Gasteiger partial charge in [0.15, 0.2) is 5.69 Å². The summed E-state index contributed by atoms with van der Waals surface area (Å²) in [4.78, 5) is 32.2. The molecular weight excluding hydrogens is 551 g/mol. The van der Waals surface area contributed by atoms with Gasteiger partial charge in [0.2, 0.25) is 5.91 Å². The molecule has 0 aliphatic carbocycles. The number of carbonyl (C=O) groups excluding carboxylic acids is 2. The Hall–Kier alpha value is -4.77. The van der Waals surface area contributed by atoms with Crippen LogP contribution in [0.15, 0.2) is 85.1 Å². The predicted octanol–water partition coefficient (Wildman–Crippen LogP) is 4.16. The second kappa shape index (κ2) is 12.6. The van der Waals surface area contributed by atoms with Crippen molar-refractivity contribution in [2.24, 2.45) is 0 Å². The zero-order valence-corrected chi connectivity index (χ0v) is 23.9. The number of nitrogens with zero attached hydrogens (tertiary/aromatic N) is 6. The summed E-state index contributed by atoms with van der Waals surface area (Å²) in [5.74, 6) is 0.713. The van der Waals surface area contributed by atoms with Crippen LogP contribution in [0.5, 0.6) is 11.5 Å². The molecule has 4 aromatic rings. The molecular formula is C32H33FN6O4. The number of halogens is 1. The first-order valence-electron chi connectivity index (χ1n) is 14.3. The molecule has 2 atom stereocenters. The van der Waals surface area contributed by atoms with E-state index in [4.69, 9.17) is 9.47 Å². The largest absolute Gasteiger partial charge is 0.464 e. The third-order valence-corrected chi connectivity index (χ3v) is 7.99. The van der Waals surface area contributed by atoms with Crippen molar-refractivity contribution in [3.63, 3.8) is 0 Å². The van der Waals surface area contributed by atoms with Gasteiger partial charge in [-0.25, -0.2) is 13.9 Å². The zero-order chi connectivity index (χ0) is 29.8. The van der Waals surface area contributed by atoms with Crippen LogP contribution in [0.4, 0.5) is 10.1 Å². The van der Waals surface area contributed by atoms with Crippen molar-refractivity contribution in [1.82, 2.24) is 24.8 Å². The average molecular weight is 585 g/mol. The Balaban J connectivity index is 1.18. The maximum absolute atomic E-state index is 14.0. The minimum atomic E-state index is -0.553. The fourth-order valence-electron chi connectivity index (χ4n) is 5.77. The third kappa shape index (κ3) is 6.51. The Labute approximate surface area is 249 Å². The summed E-state index contributed by atoms with van der Waals surface area (Å²) in [7, 11) is 1.30. The Kier molecular flexibility index (Phi) is 8.32. The summed E-state index contributed by atoms with van der Waals surface area (Å²) < 4.78 is 25.9. The smallest absolute Gasteiger partial charge is 0.360 e. The lowest BCUT2D eigenvalue weighted by atomic mass is 10.1. The number of aromatic nitrogens is 3. The predicted molar refractivity (Wildman–Crippen MR) is 157 cm³/mol. The van der Waals surface area contributed by atoms with E-state index in [0.717, 1.165) is 22.7 Å². The highest BCUT2D eigenvalue weighted by Crippen LogP contribution is 2.31. The molecule has 2 saturated heterocycles. The summed E-state index contributed by atoms with van der Waals surface area (Å²) >= 11 is 0. The standard InChI is InChI=1S/C32H33FN6O4/c1-42-32(41)29-22-39(35-34-29)26-19-30(31(40)37-16-14-36(15-17-37)25-12-10-24(33)11-13-25)38(21-26)20-23-6-5-9-28(18-23)43-27-7-3-2-4-8-27/h2-13,18,22,26,30H,14-17,19-21H2,1H3/t26-,30+/m1/s1. The van der Waals surface area contributed by atoms with Crippen LogP contribution in [0.1, 0.15) is 28.5 Å². The summed E-state index contributed by atoms with van der Waals surface area (Å²) in [6, 6.07) is 23.4. The third-order valence-electron chi connectivity index (χ3n) is 7.99. The molecule has 0 saturated carbocycles. The molecule has 0 unspecified atom stereocenters. The number of likely N-dealkylation sites (tertiary alicyclic amines) is 1. The number of esters is 1. The van der Waals surface area contributed by atoms with E-state index in [0.29, 0.717) is 45.7 Å². The van der Waals surface area contributed by atoms with Crippen molar-refractivity contribution < 1.29 is 23.5 Å². The lowest BCUT2D eigenvalue weighted by Gasteiger charge is -2.38. The van der Waals surface area contributed by atoms with E-state index in [1.165, 1.54) is 19.2 Å². The quantitative estimate of drug-likeness (QED) is 0.285. The van der Waals surface area contributed by atoms with Crippen molar-refractivity contribution in [3.05, 3.63) is 102 Å². The van der Waals surface area contributed by atoms with Gasteiger partial charge in [0.1, 0.15) is 17.3 Å². The van der Waals surface area contributed by atoms with Crippen LogP contribution in [0, 0.1) is 5.82 Å². The van der Waals surface area contributed by atoms with Crippen LogP contribution < -0.4 is 9.64 Å². The molecule has 0 radical (unpaired) electrons. The molecule has 6 rings (SSSR count). The SMILES string of the molecule is COC(=O)c1cn([C@@H]2C[C@@H](C(=O)N3CCN(c4ccc(F)cc4)CC3)N(Cc3cccc(Oc4ccccc4)c3)C2)nn1.